The third kappa shape index (κ3) is 17.0. The highest BCUT2D eigenvalue weighted by Gasteiger charge is 2.48. The molecule has 0 aliphatic heterocycles. The molecule has 0 aromatic carbocycles. The van der Waals surface area contributed by atoms with Crippen molar-refractivity contribution in [3.63, 3.8) is 0 Å². The van der Waals surface area contributed by atoms with Gasteiger partial charge >= 0.3 is 0 Å². The summed E-state index contributed by atoms with van der Waals surface area (Å²) in [5.41, 5.74) is -0.416. The largest absolute Gasteiger partial charge is 0.403 e. The monoisotopic (exact) mass is 901 g/mol. The van der Waals surface area contributed by atoms with Gasteiger partial charge in [0.1, 0.15) is 4.93 Å². The van der Waals surface area contributed by atoms with Crippen LogP contribution in [0.4, 0.5) is 0 Å². The minimum Gasteiger partial charge on any atom is -0.403 e. The Morgan fingerprint density at radius 3 is 1.28 bits per heavy atom. The summed E-state index contributed by atoms with van der Waals surface area (Å²) in [5.74, 6) is 3.67. The Morgan fingerprint density at radius 1 is 0.474 bits per heavy atom. The second kappa shape index (κ2) is 22.6. The van der Waals surface area contributed by atoms with E-state index in [4.69, 9.17) is 27.6 Å². The van der Waals surface area contributed by atoms with E-state index in [0.29, 0.717) is 0 Å². The fraction of sp³-hybridized carbons (Fsp3) is 1.00. The van der Waals surface area contributed by atoms with Gasteiger partial charge in [-0.15, -0.1) is 10.3 Å². The smallest absolute Gasteiger partial charge is 0.188 e. The lowest BCUT2D eigenvalue weighted by Crippen LogP contribution is -2.55. The van der Waals surface area contributed by atoms with Gasteiger partial charge in [0.15, 0.2) is 8.32 Å². The summed E-state index contributed by atoms with van der Waals surface area (Å²) in [6, 6.07) is 6.04. The lowest BCUT2D eigenvalue weighted by atomic mass is 10.1. The molecule has 0 unspecified atom stereocenters. The molecule has 0 spiro atoms. The Kier molecular flexibility index (Phi) is 23.1. The van der Waals surface area contributed by atoms with Gasteiger partial charge in [-0.05, 0) is 158 Å². The Labute approximate surface area is 364 Å². The van der Waals surface area contributed by atoms with E-state index in [-0.39, 0.29) is 31.5 Å². The molecule has 0 rings (SSSR count). The fourth-order valence-electron chi connectivity index (χ4n) is 8.76. The minimum atomic E-state index is -2.00. The van der Waals surface area contributed by atoms with Crippen LogP contribution in [0, 0.1) is 0 Å². The summed E-state index contributed by atoms with van der Waals surface area (Å²) in [6.45, 7) is 54.2. The molecule has 0 saturated carbocycles. The van der Waals surface area contributed by atoms with Crippen LogP contribution in [0.25, 0.3) is 0 Å². The highest BCUT2D eigenvalue weighted by atomic mass is 32.3. The average Bonchev–Trinajstić information content (AvgIpc) is 3.05. The summed E-state index contributed by atoms with van der Waals surface area (Å²) in [7, 11) is -7.62. The van der Waals surface area contributed by atoms with Gasteiger partial charge in [-0.3, -0.25) is 0 Å². The van der Waals surface area contributed by atoms with Crippen molar-refractivity contribution in [1.82, 2.24) is 0 Å². The molecular formula is C46H104O6S2Si3. The van der Waals surface area contributed by atoms with Gasteiger partial charge in [0, 0.05) is 19.8 Å². The molecule has 0 aliphatic rings. The molecule has 348 valence electrons. The standard InChI is InChI=1S/C46H104O6S2Si3/c1-25-54(26-2,27-3)43(11,12)49-37-33-41(7,8)47-35-31-39-55(21,22)46(17,18)51-53(19,20)44(13,14)52-56(23,24)40-32-36-48-42(9,10)34-38-50-45(15,16)57(28-4,29-5)30-6/h25-40H2,1-24H3. The molecule has 0 aliphatic carbocycles. The molecule has 0 saturated heterocycles. The molecule has 0 radical (unpaired) electrons. The summed E-state index contributed by atoms with van der Waals surface area (Å²) < 4.78 is 40.7. The number of hydrogen-bond acceptors (Lipinski definition) is 6. The van der Waals surface area contributed by atoms with Crippen LogP contribution in [-0.2, 0) is 27.6 Å². The predicted molar refractivity (Wildman–Crippen MR) is 269 cm³/mol. The first-order valence-electron chi connectivity index (χ1n) is 23.1. The quantitative estimate of drug-likeness (QED) is 0.0495. The third-order valence-corrected chi connectivity index (χ3v) is 38.4. The molecule has 0 fully saturated rings. The van der Waals surface area contributed by atoms with Crippen LogP contribution in [0.5, 0.6) is 0 Å². The second-order valence-electron chi connectivity index (χ2n) is 21.8. The van der Waals surface area contributed by atoms with Crippen molar-refractivity contribution in [2.24, 2.45) is 0 Å². The predicted octanol–water partition coefficient (Wildman–Crippen LogP) is 14.6. The lowest BCUT2D eigenvalue weighted by molar-refractivity contribution is -0.0554. The molecule has 0 atom stereocenters. The van der Waals surface area contributed by atoms with Crippen molar-refractivity contribution >= 4 is 44.8 Å². The zero-order valence-corrected chi connectivity index (χ0v) is 47.7. The Hall–Kier alpha value is 1.11. The molecule has 6 nitrogen and oxygen atoms in total. The Balaban J connectivity index is 5.13. The molecule has 0 heterocycles. The summed E-state index contributed by atoms with van der Waals surface area (Å²) in [6.07, 6.45) is 8.50. The van der Waals surface area contributed by atoms with Crippen LogP contribution in [0.15, 0.2) is 0 Å². The first-order valence-corrected chi connectivity index (χ1v) is 36.5. The molecule has 0 aromatic rings. The molecular weight excluding hydrogens is 797 g/mol. The molecule has 0 aromatic heterocycles. The van der Waals surface area contributed by atoms with E-state index < -0.39 is 44.8 Å². The maximum Gasteiger partial charge on any atom is 0.188 e. The van der Waals surface area contributed by atoms with Crippen LogP contribution in [0.1, 0.15) is 150 Å². The maximum atomic E-state index is 7.27. The summed E-state index contributed by atoms with van der Waals surface area (Å²) in [4.78, 5) is -0.429. The van der Waals surface area contributed by atoms with Crippen molar-refractivity contribution in [1.29, 1.82) is 0 Å². The Bertz CT molecular complexity index is 1130. The van der Waals surface area contributed by atoms with Crippen LogP contribution in [0.2, 0.25) is 56.4 Å². The topological polar surface area (TPSA) is 55.4 Å². The molecule has 57 heavy (non-hydrogen) atoms. The molecule has 0 N–H and O–H groups in total. The number of ether oxygens (including phenoxy) is 4. The van der Waals surface area contributed by atoms with Gasteiger partial charge in [0.25, 0.3) is 0 Å². The van der Waals surface area contributed by atoms with E-state index >= 15 is 0 Å². The first kappa shape index (κ1) is 58.1. The van der Waals surface area contributed by atoms with E-state index in [0.717, 1.165) is 64.2 Å². The normalized spacial score (nSPS) is 15.7. The van der Waals surface area contributed by atoms with Crippen LogP contribution in [-0.4, -0.2) is 112 Å². The van der Waals surface area contributed by atoms with Crippen molar-refractivity contribution in [2.45, 2.75) is 238 Å². The average molecular weight is 902 g/mol. The molecule has 0 bridgehead atoms. The second-order valence-corrected chi connectivity index (χ2v) is 45.8. The van der Waals surface area contributed by atoms with Gasteiger partial charge in [0.05, 0.1) is 49.3 Å². The van der Waals surface area contributed by atoms with Gasteiger partial charge in [-0.25, -0.2) is 10.0 Å². The van der Waals surface area contributed by atoms with E-state index in [2.05, 4.69) is 163 Å². The van der Waals surface area contributed by atoms with Gasteiger partial charge in [-0.2, -0.15) is 0 Å². The van der Waals surface area contributed by atoms with E-state index in [9.17, 15) is 0 Å². The van der Waals surface area contributed by atoms with Gasteiger partial charge in [-0.1, -0.05) is 78.8 Å². The SMILES string of the molecule is CC[Si](CC)(CC)C(C)(C)OCCC(C)(C)OCCC[Si](C)(C)OC(C)(C)S(C)(C)OC(C)(C)[Si](C)(C)CCCOC(C)(C)CCOC(C)(C)S(CC)(CC)CC. The van der Waals surface area contributed by atoms with Gasteiger partial charge in [0.2, 0.25) is 0 Å². The van der Waals surface area contributed by atoms with Crippen molar-refractivity contribution in [3.05, 3.63) is 0 Å². The van der Waals surface area contributed by atoms with E-state index in [1.807, 2.05) is 0 Å². The maximum absolute atomic E-state index is 7.27. The molecule has 0 amide bonds. The first-order chi connectivity index (χ1) is 25.6. The van der Waals surface area contributed by atoms with Gasteiger partial charge < -0.3 is 27.6 Å². The molecule has 11 heteroatoms. The zero-order valence-electron chi connectivity index (χ0n) is 43.1. The number of rotatable bonds is 32. The van der Waals surface area contributed by atoms with Crippen molar-refractivity contribution < 1.29 is 27.6 Å². The van der Waals surface area contributed by atoms with Crippen molar-refractivity contribution in [3.8, 4) is 0 Å². The van der Waals surface area contributed by atoms with Crippen LogP contribution >= 0.6 is 20.3 Å². The number of hydrogen-bond donors (Lipinski definition) is 0. The van der Waals surface area contributed by atoms with Crippen LogP contribution in [0.3, 0.4) is 0 Å². The minimum absolute atomic E-state index is 0.0142. The van der Waals surface area contributed by atoms with E-state index in [1.165, 1.54) is 35.4 Å². The highest BCUT2D eigenvalue weighted by Crippen LogP contribution is 2.60. The lowest BCUT2D eigenvalue weighted by Gasteiger charge is -2.55. The highest BCUT2D eigenvalue weighted by molar-refractivity contribution is 8.34. The summed E-state index contributed by atoms with van der Waals surface area (Å²) >= 11 is 0. The zero-order chi connectivity index (χ0) is 45.1. The summed E-state index contributed by atoms with van der Waals surface area (Å²) in [5, 5.41) is -0.217. The van der Waals surface area contributed by atoms with Crippen molar-refractivity contribution in [2.75, 3.05) is 56.2 Å². The third-order valence-electron chi connectivity index (χ3n) is 14.9. The fourth-order valence-corrected chi connectivity index (χ4v) is 25.2. The van der Waals surface area contributed by atoms with E-state index in [1.54, 1.807) is 0 Å². The van der Waals surface area contributed by atoms with Crippen LogP contribution < -0.4 is 0 Å². The Morgan fingerprint density at radius 2 is 0.877 bits per heavy atom.